The van der Waals surface area contributed by atoms with Gasteiger partial charge in [-0.25, -0.2) is 9.37 Å². The smallest absolute Gasteiger partial charge is 0.257 e. The average Bonchev–Trinajstić information content (AvgIpc) is 2.67. The third-order valence-electron chi connectivity index (χ3n) is 4.14. The molecule has 0 atom stereocenters. The van der Waals surface area contributed by atoms with E-state index in [2.05, 4.69) is 10.3 Å². The standard InChI is InChI=1S/C21H19FN4O/c1-13-10-14(2-5-18(13)26-21(27)16(12-24)8-9-23)19-6-3-15-11-17(22)4-7-20(15)25-19/h2-12H,23-24H2,1H3,(H,26,27)/b9-8-,16-12+. The van der Waals surface area contributed by atoms with Crippen LogP contribution in [0.25, 0.3) is 22.2 Å². The number of aryl methyl sites for hydroxylation is 1. The molecule has 0 saturated heterocycles. The second-order valence-corrected chi connectivity index (χ2v) is 6.00. The van der Waals surface area contributed by atoms with Crippen molar-refractivity contribution in [2.24, 2.45) is 11.5 Å². The van der Waals surface area contributed by atoms with Crippen molar-refractivity contribution in [3.8, 4) is 11.3 Å². The average molecular weight is 362 g/mol. The summed E-state index contributed by atoms with van der Waals surface area (Å²) in [6.07, 6.45) is 3.89. The minimum atomic E-state index is -0.346. The number of aromatic nitrogens is 1. The summed E-state index contributed by atoms with van der Waals surface area (Å²) >= 11 is 0. The number of benzene rings is 2. The van der Waals surface area contributed by atoms with E-state index in [0.29, 0.717) is 5.69 Å². The van der Waals surface area contributed by atoms with E-state index in [-0.39, 0.29) is 17.3 Å². The predicted octanol–water partition coefficient (Wildman–Crippen LogP) is 3.60. The molecule has 0 bridgehead atoms. The van der Waals surface area contributed by atoms with E-state index in [0.717, 1.165) is 27.7 Å². The van der Waals surface area contributed by atoms with Gasteiger partial charge in [0.15, 0.2) is 0 Å². The summed E-state index contributed by atoms with van der Waals surface area (Å²) in [5.74, 6) is -0.635. The highest BCUT2D eigenvalue weighted by atomic mass is 19.1. The van der Waals surface area contributed by atoms with Crippen molar-refractivity contribution in [2.45, 2.75) is 6.92 Å². The first-order chi connectivity index (χ1) is 13.0. The summed E-state index contributed by atoms with van der Waals surface area (Å²) in [5.41, 5.74) is 14.9. The number of hydrogen-bond donors (Lipinski definition) is 3. The number of pyridine rings is 1. The molecule has 0 aliphatic rings. The SMILES string of the molecule is Cc1cc(-c2ccc3cc(F)ccc3n2)ccc1NC(=O)C(/C=C\N)=C/N. The first kappa shape index (κ1) is 18.1. The Morgan fingerprint density at radius 2 is 1.93 bits per heavy atom. The zero-order valence-corrected chi connectivity index (χ0v) is 14.7. The van der Waals surface area contributed by atoms with Gasteiger partial charge in [-0.2, -0.15) is 0 Å². The van der Waals surface area contributed by atoms with E-state index in [1.807, 2.05) is 31.2 Å². The Labute approximate surface area is 156 Å². The number of nitrogens with zero attached hydrogens (tertiary/aromatic N) is 1. The molecule has 0 aliphatic heterocycles. The molecule has 1 heterocycles. The van der Waals surface area contributed by atoms with Crippen LogP contribution in [0.4, 0.5) is 10.1 Å². The van der Waals surface area contributed by atoms with Crippen LogP contribution in [0.3, 0.4) is 0 Å². The minimum Gasteiger partial charge on any atom is -0.405 e. The quantitative estimate of drug-likeness (QED) is 0.488. The highest BCUT2D eigenvalue weighted by Crippen LogP contribution is 2.26. The van der Waals surface area contributed by atoms with Crippen LogP contribution in [0, 0.1) is 12.7 Å². The van der Waals surface area contributed by atoms with Gasteiger partial charge in [-0.05, 0) is 61.2 Å². The molecule has 1 aromatic heterocycles. The summed E-state index contributed by atoms with van der Waals surface area (Å²) < 4.78 is 13.3. The lowest BCUT2D eigenvalue weighted by Gasteiger charge is -2.11. The van der Waals surface area contributed by atoms with Crippen molar-refractivity contribution in [3.05, 3.63) is 84.0 Å². The van der Waals surface area contributed by atoms with Crippen LogP contribution in [0.5, 0.6) is 0 Å². The Bertz CT molecular complexity index is 1070. The van der Waals surface area contributed by atoms with E-state index >= 15 is 0 Å². The van der Waals surface area contributed by atoms with Crippen LogP contribution < -0.4 is 16.8 Å². The summed E-state index contributed by atoms with van der Waals surface area (Å²) in [5, 5.41) is 3.55. The summed E-state index contributed by atoms with van der Waals surface area (Å²) in [6.45, 7) is 1.89. The third-order valence-corrected chi connectivity index (χ3v) is 4.14. The molecule has 136 valence electrons. The molecule has 0 radical (unpaired) electrons. The van der Waals surface area contributed by atoms with E-state index in [4.69, 9.17) is 11.5 Å². The zero-order valence-electron chi connectivity index (χ0n) is 14.7. The lowest BCUT2D eigenvalue weighted by Crippen LogP contribution is -2.15. The van der Waals surface area contributed by atoms with E-state index < -0.39 is 0 Å². The van der Waals surface area contributed by atoms with Crippen molar-refractivity contribution in [2.75, 3.05) is 5.32 Å². The number of halogens is 1. The van der Waals surface area contributed by atoms with Crippen LogP contribution in [0.2, 0.25) is 0 Å². The van der Waals surface area contributed by atoms with Gasteiger partial charge in [-0.3, -0.25) is 4.79 Å². The summed E-state index contributed by atoms with van der Waals surface area (Å²) in [6, 6.07) is 13.8. The molecule has 0 aliphatic carbocycles. The van der Waals surface area contributed by atoms with Crippen molar-refractivity contribution < 1.29 is 9.18 Å². The second kappa shape index (κ2) is 7.70. The molecule has 1 amide bonds. The zero-order chi connectivity index (χ0) is 19.4. The lowest BCUT2D eigenvalue weighted by atomic mass is 10.0. The van der Waals surface area contributed by atoms with Crippen molar-refractivity contribution in [1.82, 2.24) is 4.98 Å². The number of amides is 1. The van der Waals surface area contributed by atoms with Gasteiger partial charge in [-0.1, -0.05) is 12.1 Å². The topological polar surface area (TPSA) is 94.0 Å². The number of carbonyl (C=O) groups is 1. The maximum Gasteiger partial charge on any atom is 0.257 e. The molecule has 3 rings (SSSR count). The maximum atomic E-state index is 13.3. The Morgan fingerprint density at radius 1 is 1.11 bits per heavy atom. The normalized spacial score (nSPS) is 11.9. The predicted molar refractivity (Wildman–Crippen MR) is 106 cm³/mol. The van der Waals surface area contributed by atoms with E-state index in [1.54, 1.807) is 12.1 Å². The fraction of sp³-hybridized carbons (Fsp3) is 0.0476. The highest BCUT2D eigenvalue weighted by Gasteiger charge is 2.10. The highest BCUT2D eigenvalue weighted by molar-refractivity contribution is 6.06. The fourth-order valence-electron chi connectivity index (χ4n) is 2.73. The Balaban J connectivity index is 1.88. The molecular weight excluding hydrogens is 343 g/mol. The number of fused-ring (bicyclic) bond motifs is 1. The number of nitrogens with one attached hydrogen (secondary N) is 1. The first-order valence-corrected chi connectivity index (χ1v) is 8.30. The largest absolute Gasteiger partial charge is 0.405 e. The summed E-state index contributed by atoms with van der Waals surface area (Å²) in [4.78, 5) is 16.8. The van der Waals surface area contributed by atoms with Gasteiger partial charge in [0.1, 0.15) is 5.82 Å². The van der Waals surface area contributed by atoms with Gasteiger partial charge >= 0.3 is 0 Å². The van der Waals surface area contributed by atoms with E-state index in [9.17, 15) is 9.18 Å². The van der Waals surface area contributed by atoms with Gasteiger partial charge in [0.25, 0.3) is 5.91 Å². The molecule has 2 aromatic carbocycles. The van der Waals surface area contributed by atoms with Gasteiger partial charge in [0.2, 0.25) is 0 Å². The molecule has 3 aromatic rings. The van der Waals surface area contributed by atoms with Crippen LogP contribution in [-0.2, 0) is 4.79 Å². The van der Waals surface area contributed by atoms with Crippen molar-refractivity contribution in [1.29, 1.82) is 0 Å². The maximum absolute atomic E-state index is 13.3. The molecule has 5 nitrogen and oxygen atoms in total. The number of hydrogen-bond acceptors (Lipinski definition) is 4. The second-order valence-electron chi connectivity index (χ2n) is 6.00. The number of rotatable bonds is 4. The van der Waals surface area contributed by atoms with Crippen LogP contribution in [-0.4, -0.2) is 10.9 Å². The van der Waals surface area contributed by atoms with Gasteiger partial charge in [0.05, 0.1) is 16.8 Å². The molecule has 5 N–H and O–H groups in total. The fourth-order valence-corrected chi connectivity index (χ4v) is 2.73. The molecule has 0 spiro atoms. The lowest BCUT2D eigenvalue weighted by molar-refractivity contribution is -0.112. The monoisotopic (exact) mass is 362 g/mol. The van der Waals surface area contributed by atoms with Crippen LogP contribution in [0.15, 0.2) is 72.6 Å². The van der Waals surface area contributed by atoms with E-state index in [1.165, 1.54) is 30.6 Å². The Kier molecular flexibility index (Phi) is 5.17. The van der Waals surface area contributed by atoms with Gasteiger partial charge in [-0.15, -0.1) is 0 Å². The number of anilines is 1. The van der Waals surface area contributed by atoms with Crippen LogP contribution in [0.1, 0.15) is 5.56 Å². The van der Waals surface area contributed by atoms with Crippen LogP contribution >= 0.6 is 0 Å². The van der Waals surface area contributed by atoms with Gasteiger partial charge < -0.3 is 16.8 Å². The molecule has 6 heteroatoms. The Hall–Kier alpha value is -3.67. The van der Waals surface area contributed by atoms with Gasteiger partial charge in [0, 0.05) is 22.8 Å². The third kappa shape index (κ3) is 3.95. The van der Waals surface area contributed by atoms with Crippen molar-refractivity contribution >= 4 is 22.5 Å². The first-order valence-electron chi connectivity index (χ1n) is 8.30. The minimum absolute atomic E-state index is 0.268. The molecule has 0 unspecified atom stereocenters. The molecule has 0 fully saturated rings. The molecular formula is C21H19FN4O. The molecule has 27 heavy (non-hydrogen) atoms. The summed E-state index contributed by atoms with van der Waals surface area (Å²) in [7, 11) is 0. The molecule has 0 saturated carbocycles. The van der Waals surface area contributed by atoms with Crippen molar-refractivity contribution in [3.63, 3.8) is 0 Å². The number of nitrogens with two attached hydrogens (primary N) is 2. The number of carbonyl (C=O) groups excluding carboxylic acids is 1. The Morgan fingerprint density at radius 3 is 2.63 bits per heavy atom.